The molecule has 0 saturated heterocycles. The van der Waals surface area contributed by atoms with Crippen LogP contribution in [0.15, 0.2) is 0 Å². The lowest BCUT2D eigenvalue weighted by molar-refractivity contribution is 0.185. The maximum atomic E-state index is 2.46. The van der Waals surface area contributed by atoms with E-state index in [9.17, 15) is 0 Å². The second-order valence-corrected chi connectivity index (χ2v) is 4.64. The Hall–Kier alpha value is -0.0800. The molecule has 0 aliphatic rings. The van der Waals surface area contributed by atoms with Crippen molar-refractivity contribution >= 4 is 0 Å². The third-order valence-corrected chi connectivity index (χ3v) is 3.03. The van der Waals surface area contributed by atoms with E-state index in [1.807, 2.05) is 0 Å². The molecule has 0 aliphatic heterocycles. The van der Waals surface area contributed by atoms with E-state index in [4.69, 9.17) is 0 Å². The Balaban J connectivity index is 0. The summed E-state index contributed by atoms with van der Waals surface area (Å²) in [4.78, 5) is 4.83. The van der Waals surface area contributed by atoms with Gasteiger partial charge >= 0.3 is 0 Å². The van der Waals surface area contributed by atoms with Gasteiger partial charge in [0.1, 0.15) is 0 Å². The van der Waals surface area contributed by atoms with Crippen molar-refractivity contribution in [3.8, 4) is 0 Å². The van der Waals surface area contributed by atoms with Crippen LogP contribution >= 0.6 is 0 Å². The van der Waals surface area contributed by atoms with Gasteiger partial charge in [0.05, 0.1) is 0 Å². The Morgan fingerprint density at radius 1 is 0.625 bits per heavy atom. The van der Waals surface area contributed by atoms with Crippen LogP contribution in [-0.2, 0) is 0 Å². The van der Waals surface area contributed by atoms with E-state index in [1.165, 1.54) is 19.6 Å². The highest BCUT2D eigenvalue weighted by Gasteiger charge is 2.08. The number of hydrogen-bond acceptors (Lipinski definition) is 2. The molecule has 0 N–H and O–H groups in total. The van der Waals surface area contributed by atoms with Crippen LogP contribution in [0, 0.1) is 0 Å². The van der Waals surface area contributed by atoms with Crippen molar-refractivity contribution in [2.75, 3.05) is 26.2 Å². The van der Waals surface area contributed by atoms with Gasteiger partial charge in [-0.1, -0.05) is 27.7 Å². The van der Waals surface area contributed by atoms with Crippen molar-refractivity contribution < 1.29 is 0 Å². The summed E-state index contributed by atoms with van der Waals surface area (Å²) in [5, 5.41) is 0. The molecule has 0 aliphatic carbocycles. The quantitative estimate of drug-likeness (QED) is 0.689. The maximum absolute atomic E-state index is 2.46. The molecule has 2 nitrogen and oxygen atoms in total. The topological polar surface area (TPSA) is 6.48 Å². The van der Waals surface area contributed by atoms with Crippen molar-refractivity contribution in [3.05, 3.63) is 0 Å². The Morgan fingerprint density at radius 3 is 0.938 bits per heavy atom. The lowest BCUT2D eigenvalue weighted by atomic mass is 10.2. The van der Waals surface area contributed by atoms with Crippen molar-refractivity contribution in [1.29, 1.82) is 0 Å². The van der Waals surface area contributed by atoms with E-state index in [0.717, 1.165) is 6.54 Å². The molecule has 0 saturated carbocycles. The van der Waals surface area contributed by atoms with Crippen molar-refractivity contribution in [2.45, 2.75) is 67.5 Å². The predicted molar refractivity (Wildman–Crippen MR) is 76.1 cm³/mol. The van der Waals surface area contributed by atoms with Gasteiger partial charge in [0.15, 0.2) is 0 Å². The number of nitrogens with zero attached hydrogens (tertiary/aromatic N) is 2. The second-order valence-electron chi connectivity index (χ2n) is 4.64. The highest BCUT2D eigenvalue weighted by Crippen LogP contribution is 2.02. The molecule has 0 aromatic rings. The summed E-state index contributed by atoms with van der Waals surface area (Å²) in [5.74, 6) is 0. The molecular formula is C14H34N2. The first-order chi connectivity index (χ1) is 7.44. The van der Waals surface area contributed by atoms with Crippen LogP contribution in [-0.4, -0.2) is 48.1 Å². The Labute approximate surface area is 104 Å². The molecule has 0 aromatic carbocycles. The fourth-order valence-corrected chi connectivity index (χ4v) is 2.00. The first kappa shape index (κ1) is 18.3. The van der Waals surface area contributed by atoms with E-state index < -0.39 is 0 Å². The van der Waals surface area contributed by atoms with Crippen LogP contribution in [0.5, 0.6) is 0 Å². The van der Waals surface area contributed by atoms with Gasteiger partial charge in [-0.2, -0.15) is 0 Å². The van der Waals surface area contributed by atoms with Gasteiger partial charge in [-0.25, -0.2) is 0 Å². The SMILES string of the molecule is CCN(C(C)C)C(C)C.CCN(CC)CC. The molecule has 2 heteroatoms. The van der Waals surface area contributed by atoms with Crippen LogP contribution in [0.25, 0.3) is 0 Å². The molecule has 0 amide bonds. The van der Waals surface area contributed by atoms with E-state index in [-0.39, 0.29) is 0 Å². The van der Waals surface area contributed by atoms with E-state index >= 15 is 0 Å². The smallest absolute Gasteiger partial charge is 0.00411 e. The van der Waals surface area contributed by atoms with Crippen molar-refractivity contribution in [1.82, 2.24) is 9.80 Å². The first-order valence-corrected chi connectivity index (χ1v) is 6.92. The van der Waals surface area contributed by atoms with Gasteiger partial charge in [0.25, 0.3) is 0 Å². The molecule has 0 radical (unpaired) electrons. The Bertz CT molecular complexity index is 115. The molecular weight excluding hydrogens is 196 g/mol. The lowest BCUT2D eigenvalue weighted by Gasteiger charge is -2.28. The van der Waals surface area contributed by atoms with Crippen LogP contribution in [0.4, 0.5) is 0 Å². The summed E-state index contributed by atoms with van der Waals surface area (Å²) in [6.45, 7) is 22.5. The molecule has 0 atom stereocenters. The molecule has 0 heterocycles. The third-order valence-electron chi connectivity index (χ3n) is 3.03. The standard InChI is InChI=1S/C8H19N.C6H15N/c1-6-9(7(2)3)8(4)5;1-4-7(5-2)6-3/h7-8H,6H2,1-5H3;4-6H2,1-3H3. The third kappa shape index (κ3) is 9.17. The number of hydrogen-bond donors (Lipinski definition) is 0. The summed E-state index contributed by atoms with van der Waals surface area (Å²) >= 11 is 0. The molecule has 0 unspecified atom stereocenters. The molecule has 0 bridgehead atoms. The summed E-state index contributed by atoms with van der Waals surface area (Å²) < 4.78 is 0. The highest BCUT2D eigenvalue weighted by atomic mass is 15.2. The van der Waals surface area contributed by atoms with Crippen LogP contribution in [0.2, 0.25) is 0 Å². The highest BCUT2D eigenvalue weighted by molar-refractivity contribution is 4.64. The van der Waals surface area contributed by atoms with Crippen LogP contribution in [0.3, 0.4) is 0 Å². The van der Waals surface area contributed by atoms with Crippen molar-refractivity contribution in [3.63, 3.8) is 0 Å². The fraction of sp³-hybridized carbons (Fsp3) is 1.00. The van der Waals surface area contributed by atoms with Gasteiger partial charge in [0, 0.05) is 12.1 Å². The van der Waals surface area contributed by atoms with Crippen LogP contribution in [0.1, 0.15) is 55.4 Å². The lowest BCUT2D eigenvalue weighted by Crippen LogP contribution is -2.36. The fourth-order valence-electron chi connectivity index (χ4n) is 2.00. The van der Waals surface area contributed by atoms with Gasteiger partial charge in [0.2, 0.25) is 0 Å². The minimum absolute atomic E-state index is 0.690. The first-order valence-electron chi connectivity index (χ1n) is 6.92. The van der Waals surface area contributed by atoms with Crippen LogP contribution < -0.4 is 0 Å². The van der Waals surface area contributed by atoms with Gasteiger partial charge in [-0.05, 0) is 53.9 Å². The monoisotopic (exact) mass is 230 g/mol. The normalized spacial score (nSPS) is 11.2. The van der Waals surface area contributed by atoms with Gasteiger partial charge in [-0.3, -0.25) is 4.90 Å². The largest absolute Gasteiger partial charge is 0.304 e. The summed E-state index contributed by atoms with van der Waals surface area (Å²) in [5.41, 5.74) is 0. The molecule has 0 fully saturated rings. The summed E-state index contributed by atoms with van der Waals surface area (Å²) in [6, 6.07) is 1.38. The van der Waals surface area contributed by atoms with Gasteiger partial charge < -0.3 is 4.90 Å². The maximum Gasteiger partial charge on any atom is 0.00411 e. The van der Waals surface area contributed by atoms with Gasteiger partial charge in [-0.15, -0.1) is 0 Å². The van der Waals surface area contributed by atoms with E-state index in [0.29, 0.717) is 12.1 Å². The molecule has 100 valence electrons. The molecule has 0 spiro atoms. The second kappa shape index (κ2) is 11.4. The molecule has 0 aromatic heterocycles. The average Bonchev–Trinajstić information content (AvgIpc) is 2.21. The number of rotatable bonds is 6. The zero-order chi connectivity index (χ0) is 13.1. The molecule has 0 rings (SSSR count). The van der Waals surface area contributed by atoms with E-state index in [2.05, 4.69) is 65.2 Å². The molecule has 16 heavy (non-hydrogen) atoms. The minimum Gasteiger partial charge on any atom is -0.304 e. The van der Waals surface area contributed by atoms with Crippen molar-refractivity contribution in [2.24, 2.45) is 0 Å². The van der Waals surface area contributed by atoms with E-state index in [1.54, 1.807) is 0 Å². The predicted octanol–water partition coefficient (Wildman–Crippen LogP) is 3.47. The zero-order valence-electron chi connectivity index (χ0n) is 12.9. The zero-order valence-corrected chi connectivity index (χ0v) is 12.9. The Morgan fingerprint density at radius 2 is 0.938 bits per heavy atom. The summed E-state index contributed by atoms with van der Waals surface area (Å²) in [6.07, 6.45) is 0. The Kier molecular flexibility index (Phi) is 13.0. The minimum atomic E-state index is 0.690. The summed E-state index contributed by atoms with van der Waals surface area (Å²) in [7, 11) is 0. The average molecular weight is 230 g/mol.